The quantitative estimate of drug-likeness (QED) is 0.229. The summed E-state index contributed by atoms with van der Waals surface area (Å²) < 4.78 is 34.1. The summed E-state index contributed by atoms with van der Waals surface area (Å²) in [6.45, 7) is 10.4. The van der Waals surface area contributed by atoms with Crippen LogP contribution in [0.1, 0.15) is 39.2 Å². The van der Waals surface area contributed by atoms with E-state index in [2.05, 4.69) is 30.2 Å². The first-order chi connectivity index (χ1) is 19.5. The highest BCUT2D eigenvalue weighted by atomic mass is 32.2. The average Bonchev–Trinajstić information content (AvgIpc) is 3.44. The van der Waals surface area contributed by atoms with Crippen molar-refractivity contribution in [1.82, 2.24) is 19.6 Å². The number of aryl methyl sites for hydroxylation is 1. The van der Waals surface area contributed by atoms with Gasteiger partial charge in [-0.15, -0.1) is 9.81 Å². The third-order valence-electron chi connectivity index (χ3n) is 6.25. The number of hydrogen-bond donors (Lipinski definition) is 1. The Kier molecular flexibility index (Phi) is 9.25. The lowest BCUT2D eigenvalue weighted by molar-refractivity contribution is 0.238. The molecular weight excluding hydrogens is 548 g/mol. The topological polar surface area (TPSA) is 150 Å². The molecular formula is C27H34N8O5S. The fraction of sp³-hybridized carbons (Fsp3) is 0.407. The van der Waals surface area contributed by atoms with Crippen LogP contribution in [0.5, 0.6) is 5.75 Å². The Balaban J connectivity index is 1.56. The molecule has 2 aromatic carbocycles. The number of anilines is 4. The molecule has 2 heterocycles. The van der Waals surface area contributed by atoms with E-state index < -0.39 is 15.6 Å². The number of rotatable bonds is 12. The van der Waals surface area contributed by atoms with Gasteiger partial charge in [0.1, 0.15) is 12.4 Å². The number of hydrogen-bond acceptors (Lipinski definition) is 10. The van der Waals surface area contributed by atoms with Crippen molar-refractivity contribution in [2.75, 3.05) is 36.3 Å². The van der Waals surface area contributed by atoms with E-state index in [-0.39, 0.29) is 22.3 Å². The van der Waals surface area contributed by atoms with Gasteiger partial charge in [-0.2, -0.15) is 15.0 Å². The molecule has 13 nitrogen and oxygen atoms in total. The summed E-state index contributed by atoms with van der Waals surface area (Å²) in [5, 5.41) is 8.08. The maximum absolute atomic E-state index is 12.9. The second kappa shape index (κ2) is 12.7. The van der Waals surface area contributed by atoms with Gasteiger partial charge in [-0.25, -0.2) is 18.1 Å². The molecule has 0 bridgehead atoms. The van der Waals surface area contributed by atoms with Gasteiger partial charge in [-0.3, -0.25) is 4.90 Å². The molecule has 1 aliphatic heterocycles. The molecule has 14 heteroatoms. The molecule has 0 amide bonds. The van der Waals surface area contributed by atoms with E-state index in [1.165, 1.54) is 43.3 Å². The third kappa shape index (κ3) is 7.60. The highest BCUT2D eigenvalue weighted by Crippen LogP contribution is 2.32. The van der Waals surface area contributed by atoms with Crippen molar-refractivity contribution in [3.63, 3.8) is 0 Å². The van der Waals surface area contributed by atoms with Crippen molar-refractivity contribution < 1.29 is 13.2 Å². The number of nitroso groups, excluding NO2 is 2. The minimum Gasteiger partial charge on any atom is -0.492 e. The van der Waals surface area contributed by atoms with Crippen LogP contribution in [0.15, 0.2) is 70.2 Å². The van der Waals surface area contributed by atoms with Crippen LogP contribution < -0.4 is 19.5 Å². The van der Waals surface area contributed by atoms with E-state index in [9.17, 15) is 18.2 Å². The van der Waals surface area contributed by atoms with Gasteiger partial charge in [-0.1, -0.05) is 6.07 Å². The molecule has 1 saturated heterocycles. The first kappa shape index (κ1) is 30.0. The van der Waals surface area contributed by atoms with Crippen LogP contribution in [0.2, 0.25) is 0 Å². The minimum atomic E-state index is -3.88. The molecule has 218 valence electrons. The Labute approximate surface area is 239 Å². The molecule has 0 unspecified atom stereocenters. The number of nitrogens with zero attached hydrogens (tertiary/aromatic N) is 7. The number of sulfonamides is 1. The van der Waals surface area contributed by atoms with Crippen LogP contribution in [0.4, 0.5) is 23.1 Å². The van der Waals surface area contributed by atoms with Gasteiger partial charge in [0.2, 0.25) is 10.0 Å². The van der Waals surface area contributed by atoms with Gasteiger partial charge in [0, 0.05) is 23.8 Å². The number of likely N-dealkylation sites (tertiary alicyclic amines) is 1. The van der Waals surface area contributed by atoms with Gasteiger partial charge in [0.25, 0.3) is 5.95 Å². The predicted molar refractivity (Wildman–Crippen MR) is 157 cm³/mol. The molecule has 4 rings (SSSR count). The summed E-state index contributed by atoms with van der Waals surface area (Å²) >= 11 is 0. The normalized spacial score (nSPS) is 14.0. The average molecular weight is 583 g/mol. The Morgan fingerprint density at radius 1 is 1.00 bits per heavy atom. The number of nitrogens with one attached hydrogen (secondary N) is 1. The van der Waals surface area contributed by atoms with Crippen molar-refractivity contribution >= 4 is 33.2 Å². The second-order valence-corrected chi connectivity index (χ2v) is 12.4. The molecule has 0 aliphatic carbocycles. The van der Waals surface area contributed by atoms with Crippen LogP contribution in [0.3, 0.4) is 0 Å². The standard InChI is InChI=1S/C27H34N8O5S/c1-20-19-28-26(35(32-37)21-10-12-23(13-11-21)40-17-16-33-14-5-6-15-33)29-25(20)34(31-36)22-8-7-9-24(18-22)41(38,39)30-27(2,3)4/h7-13,18-19,30H,5-6,14-17H2,1-4H3. The first-order valence-electron chi connectivity index (χ1n) is 13.2. The maximum atomic E-state index is 12.9. The number of aromatic nitrogens is 2. The zero-order chi connectivity index (χ0) is 29.6. The molecule has 1 fully saturated rings. The SMILES string of the molecule is Cc1cnc(N(N=O)c2ccc(OCCN3CCCC3)cc2)nc1N(N=O)c1cccc(S(=O)(=O)NC(C)(C)C)c1. The number of benzene rings is 2. The van der Waals surface area contributed by atoms with Gasteiger partial charge < -0.3 is 4.74 Å². The molecule has 3 aromatic rings. The lowest BCUT2D eigenvalue weighted by Crippen LogP contribution is -2.40. The Bertz CT molecular complexity index is 1470. The maximum Gasteiger partial charge on any atom is 0.255 e. The second-order valence-electron chi connectivity index (χ2n) is 10.7. The smallest absolute Gasteiger partial charge is 0.255 e. The lowest BCUT2D eigenvalue weighted by atomic mass is 10.1. The molecule has 0 saturated carbocycles. The zero-order valence-electron chi connectivity index (χ0n) is 23.5. The predicted octanol–water partition coefficient (Wildman–Crippen LogP) is 4.98. The fourth-order valence-electron chi connectivity index (χ4n) is 4.37. The van der Waals surface area contributed by atoms with E-state index in [1.807, 2.05) is 0 Å². The molecule has 0 radical (unpaired) electrons. The van der Waals surface area contributed by atoms with E-state index >= 15 is 0 Å². The lowest BCUT2D eigenvalue weighted by Gasteiger charge is -2.22. The summed E-state index contributed by atoms with van der Waals surface area (Å²) in [6.07, 6.45) is 3.86. The van der Waals surface area contributed by atoms with Gasteiger partial charge in [-0.05, 0) is 96.1 Å². The Morgan fingerprint density at radius 3 is 2.32 bits per heavy atom. The minimum absolute atomic E-state index is 0.0515. The highest BCUT2D eigenvalue weighted by Gasteiger charge is 2.25. The van der Waals surface area contributed by atoms with Crippen LogP contribution in [0.25, 0.3) is 0 Å². The van der Waals surface area contributed by atoms with Crippen LogP contribution in [-0.4, -0.2) is 55.1 Å². The van der Waals surface area contributed by atoms with Crippen molar-refractivity contribution in [3.05, 3.63) is 70.1 Å². The summed E-state index contributed by atoms with van der Waals surface area (Å²) in [4.78, 5) is 34.8. The van der Waals surface area contributed by atoms with Gasteiger partial charge in [0.05, 0.1) is 26.8 Å². The summed E-state index contributed by atoms with van der Waals surface area (Å²) in [7, 11) is -3.88. The van der Waals surface area contributed by atoms with E-state index in [4.69, 9.17) is 4.74 Å². The largest absolute Gasteiger partial charge is 0.492 e. The van der Waals surface area contributed by atoms with Gasteiger partial charge in [0.15, 0.2) is 5.82 Å². The van der Waals surface area contributed by atoms with Crippen molar-refractivity contribution in [2.24, 2.45) is 10.6 Å². The van der Waals surface area contributed by atoms with Crippen molar-refractivity contribution in [1.29, 1.82) is 0 Å². The van der Waals surface area contributed by atoms with Crippen LogP contribution >= 0.6 is 0 Å². The van der Waals surface area contributed by atoms with Gasteiger partial charge >= 0.3 is 0 Å². The molecule has 41 heavy (non-hydrogen) atoms. The highest BCUT2D eigenvalue weighted by molar-refractivity contribution is 7.89. The Morgan fingerprint density at radius 2 is 1.68 bits per heavy atom. The third-order valence-corrected chi connectivity index (χ3v) is 8.01. The molecule has 1 aliphatic rings. The van der Waals surface area contributed by atoms with E-state index in [0.29, 0.717) is 23.6 Å². The molecule has 0 spiro atoms. The van der Waals surface area contributed by atoms with Crippen LogP contribution in [0, 0.1) is 16.7 Å². The van der Waals surface area contributed by atoms with E-state index in [1.54, 1.807) is 52.0 Å². The summed E-state index contributed by atoms with van der Waals surface area (Å²) in [6, 6.07) is 12.5. The fourth-order valence-corrected chi connectivity index (χ4v) is 5.83. The number of ether oxygens (including phenoxy) is 1. The molecule has 0 atom stereocenters. The van der Waals surface area contributed by atoms with Crippen LogP contribution in [-0.2, 0) is 10.0 Å². The molecule has 1 N–H and O–H groups in total. The van der Waals surface area contributed by atoms with Crippen molar-refractivity contribution in [2.45, 2.75) is 51.0 Å². The Hall–Kier alpha value is -4.01. The first-order valence-corrected chi connectivity index (χ1v) is 14.7. The monoisotopic (exact) mass is 582 g/mol. The summed E-state index contributed by atoms with van der Waals surface area (Å²) in [5.74, 6) is 0.602. The van der Waals surface area contributed by atoms with E-state index in [0.717, 1.165) is 29.7 Å². The van der Waals surface area contributed by atoms with Crippen molar-refractivity contribution in [3.8, 4) is 5.75 Å². The summed E-state index contributed by atoms with van der Waals surface area (Å²) in [5.41, 5.74) is 0.292. The molecule has 1 aromatic heterocycles. The zero-order valence-corrected chi connectivity index (χ0v) is 24.3.